The van der Waals surface area contributed by atoms with Gasteiger partial charge in [-0.05, 0) is 61.7 Å². The van der Waals surface area contributed by atoms with Gasteiger partial charge in [0.25, 0.3) is 0 Å². The van der Waals surface area contributed by atoms with Crippen molar-refractivity contribution in [1.82, 2.24) is 15.5 Å². The molecule has 0 amide bonds. The number of nitrogens with one attached hydrogen (secondary N) is 2. The van der Waals surface area contributed by atoms with Crippen molar-refractivity contribution >= 4 is 5.96 Å². The maximum atomic E-state index is 13.5. The predicted octanol–water partition coefficient (Wildman–Crippen LogP) is 3.77. The second-order valence-electron chi connectivity index (χ2n) is 7.49. The standard InChI is InChI=1S/C23H31FN4O/c1-2-25-23(27-16-20-10-11-22(29)21(24)14-20)26-15-18-6-8-19(9-7-18)17-28-12-4-3-5-13-28/h6-11,14,29H,2-5,12-13,15-17H2,1H3,(H2,25,26,27). The molecule has 1 heterocycles. The van der Waals surface area contributed by atoms with Crippen LogP contribution in [-0.2, 0) is 19.6 Å². The summed E-state index contributed by atoms with van der Waals surface area (Å²) in [4.78, 5) is 7.03. The Hall–Kier alpha value is -2.60. The van der Waals surface area contributed by atoms with Gasteiger partial charge in [-0.1, -0.05) is 36.8 Å². The fourth-order valence-electron chi connectivity index (χ4n) is 3.48. The highest BCUT2D eigenvalue weighted by atomic mass is 19.1. The van der Waals surface area contributed by atoms with Gasteiger partial charge in [0, 0.05) is 19.6 Å². The molecule has 29 heavy (non-hydrogen) atoms. The van der Waals surface area contributed by atoms with Crippen LogP contribution in [0.15, 0.2) is 47.5 Å². The molecule has 6 heteroatoms. The molecule has 1 aliphatic heterocycles. The predicted molar refractivity (Wildman–Crippen MR) is 115 cm³/mol. The molecule has 1 saturated heterocycles. The maximum absolute atomic E-state index is 13.5. The van der Waals surface area contributed by atoms with Crippen molar-refractivity contribution in [3.8, 4) is 5.75 Å². The fraction of sp³-hybridized carbons (Fsp3) is 0.435. The number of piperidine rings is 1. The summed E-state index contributed by atoms with van der Waals surface area (Å²) in [7, 11) is 0. The number of aromatic hydroxyl groups is 1. The summed E-state index contributed by atoms with van der Waals surface area (Å²) in [5, 5.41) is 15.8. The minimum atomic E-state index is -0.625. The lowest BCUT2D eigenvalue weighted by atomic mass is 10.1. The minimum Gasteiger partial charge on any atom is -0.505 e. The van der Waals surface area contributed by atoms with Crippen LogP contribution in [0.25, 0.3) is 0 Å². The first-order chi connectivity index (χ1) is 14.1. The number of phenols is 1. The molecule has 0 spiro atoms. The molecule has 0 aliphatic carbocycles. The number of nitrogens with zero attached hydrogens (tertiary/aromatic N) is 2. The molecule has 0 saturated carbocycles. The monoisotopic (exact) mass is 398 g/mol. The third-order valence-electron chi connectivity index (χ3n) is 5.11. The van der Waals surface area contributed by atoms with Gasteiger partial charge < -0.3 is 15.7 Å². The highest BCUT2D eigenvalue weighted by Crippen LogP contribution is 2.17. The summed E-state index contributed by atoms with van der Waals surface area (Å²) < 4.78 is 13.5. The Morgan fingerprint density at radius 3 is 2.38 bits per heavy atom. The second-order valence-corrected chi connectivity index (χ2v) is 7.49. The van der Waals surface area contributed by atoms with E-state index in [4.69, 9.17) is 0 Å². The van der Waals surface area contributed by atoms with E-state index in [1.54, 1.807) is 6.07 Å². The van der Waals surface area contributed by atoms with Crippen LogP contribution in [-0.4, -0.2) is 35.6 Å². The third kappa shape index (κ3) is 6.75. The number of guanidine groups is 1. The molecule has 0 bridgehead atoms. The average Bonchev–Trinajstić information content (AvgIpc) is 2.74. The summed E-state index contributed by atoms with van der Waals surface area (Å²) in [6.07, 6.45) is 3.98. The second kappa shape index (κ2) is 10.8. The molecule has 5 nitrogen and oxygen atoms in total. The molecular weight excluding hydrogens is 367 g/mol. The number of aliphatic imine (C=N–C) groups is 1. The molecule has 0 aromatic heterocycles. The lowest BCUT2D eigenvalue weighted by molar-refractivity contribution is 0.221. The number of halogens is 1. The number of rotatable bonds is 7. The number of hydrogen-bond donors (Lipinski definition) is 3. The molecule has 0 unspecified atom stereocenters. The zero-order valence-electron chi connectivity index (χ0n) is 17.1. The van der Waals surface area contributed by atoms with Gasteiger partial charge >= 0.3 is 0 Å². The van der Waals surface area contributed by atoms with Crippen LogP contribution in [0, 0.1) is 5.82 Å². The van der Waals surface area contributed by atoms with Crippen molar-refractivity contribution in [3.63, 3.8) is 0 Å². The van der Waals surface area contributed by atoms with E-state index in [1.165, 1.54) is 55.6 Å². The van der Waals surface area contributed by atoms with Crippen LogP contribution < -0.4 is 10.6 Å². The van der Waals surface area contributed by atoms with E-state index in [1.807, 2.05) is 6.92 Å². The van der Waals surface area contributed by atoms with Gasteiger partial charge in [0.1, 0.15) is 0 Å². The highest BCUT2D eigenvalue weighted by Gasteiger charge is 2.10. The van der Waals surface area contributed by atoms with E-state index in [2.05, 4.69) is 44.8 Å². The van der Waals surface area contributed by atoms with Crippen LogP contribution in [0.1, 0.15) is 42.9 Å². The quantitative estimate of drug-likeness (QED) is 0.491. The first-order valence-corrected chi connectivity index (χ1v) is 10.4. The number of hydrogen-bond acceptors (Lipinski definition) is 3. The molecule has 1 fully saturated rings. The van der Waals surface area contributed by atoms with Gasteiger partial charge in [-0.25, -0.2) is 9.38 Å². The average molecular weight is 399 g/mol. The molecule has 1 aliphatic rings. The van der Waals surface area contributed by atoms with E-state index in [0.717, 1.165) is 13.1 Å². The van der Waals surface area contributed by atoms with Crippen LogP contribution in [0.5, 0.6) is 5.75 Å². The van der Waals surface area contributed by atoms with Gasteiger partial charge in [0.05, 0.1) is 6.54 Å². The first kappa shape index (κ1) is 21.1. The smallest absolute Gasteiger partial charge is 0.191 e. The van der Waals surface area contributed by atoms with E-state index >= 15 is 0 Å². The van der Waals surface area contributed by atoms with Gasteiger partial charge in [0.15, 0.2) is 17.5 Å². The number of phenolic OH excluding ortho intramolecular Hbond substituents is 1. The molecule has 2 aromatic rings. The Bertz CT molecular complexity index is 801. The van der Waals surface area contributed by atoms with Crippen molar-refractivity contribution in [3.05, 3.63) is 65.0 Å². The van der Waals surface area contributed by atoms with Crippen molar-refractivity contribution in [2.45, 2.75) is 45.8 Å². The first-order valence-electron chi connectivity index (χ1n) is 10.4. The maximum Gasteiger partial charge on any atom is 0.191 e. The van der Waals surface area contributed by atoms with Gasteiger partial charge in [-0.2, -0.15) is 0 Å². The molecule has 3 rings (SSSR count). The van der Waals surface area contributed by atoms with Gasteiger partial charge in [-0.15, -0.1) is 0 Å². The topological polar surface area (TPSA) is 59.9 Å². The fourth-order valence-corrected chi connectivity index (χ4v) is 3.48. The largest absolute Gasteiger partial charge is 0.505 e. The summed E-state index contributed by atoms with van der Waals surface area (Å²) in [6, 6.07) is 13.1. The van der Waals surface area contributed by atoms with E-state index < -0.39 is 5.82 Å². The summed E-state index contributed by atoms with van der Waals surface area (Å²) >= 11 is 0. The Morgan fingerprint density at radius 2 is 1.69 bits per heavy atom. The van der Waals surface area contributed by atoms with Crippen LogP contribution in [0.2, 0.25) is 0 Å². The van der Waals surface area contributed by atoms with Crippen molar-refractivity contribution < 1.29 is 9.50 Å². The van der Waals surface area contributed by atoms with E-state index in [9.17, 15) is 9.50 Å². The van der Waals surface area contributed by atoms with Gasteiger partial charge in [0.2, 0.25) is 0 Å². The Morgan fingerprint density at radius 1 is 1.00 bits per heavy atom. The normalized spacial score (nSPS) is 15.3. The lowest BCUT2D eigenvalue weighted by Gasteiger charge is -2.26. The Balaban J connectivity index is 1.53. The molecule has 156 valence electrons. The van der Waals surface area contributed by atoms with Gasteiger partial charge in [-0.3, -0.25) is 4.90 Å². The minimum absolute atomic E-state index is 0.335. The van der Waals surface area contributed by atoms with E-state index in [0.29, 0.717) is 24.6 Å². The third-order valence-corrected chi connectivity index (χ3v) is 5.11. The summed E-state index contributed by atoms with van der Waals surface area (Å²) in [5.74, 6) is -0.287. The molecule has 2 aromatic carbocycles. The van der Waals surface area contributed by atoms with Crippen molar-refractivity contribution in [1.29, 1.82) is 0 Å². The Kier molecular flexibility index (Phi) is 7.87. The Labute approximate surface area is 172 Å². The van der Waals surface area contributed by atoms with Crippen molar-refractivity contribution in [2.75, 3.05) is 19.6 Å². The molecular formula is C23H31FN4O. The molecule has 0 radical (unpaired) electrons. The van der Waals surface area contributed by atoms with Crippen LogP contribution in [0.4, 0.5) is 4.39 Å². The van der Waals surface area contributed by atoms with Crippen molar-refractivity contribution in [2.24, 2.45) is 4.99 Å². The van der Waals surface area contributed by atoms with Crippen LogP contribution in [0.3, 0.4) is 0 Å². The highest BCUT2D eigenvalue weighted by molar-refractivity contribution is 5.79. The number of likely N-dealkylation sites (tertiary alicyclic amines) is 1. The lowest BCUT2D eigenvalue weighted by Crippen LogP contribution is -2.36. The number of benzene rings is 2. The molecule has 3 N–H and O–H groups in total. The van der Waals surface area contributed by atoms with E-state index in [-0.39, 0.29) is 5.75 Å². The zero-order valence-corrected chi connectivity index (χ0v) is 17.1. The SMILES string of the molecule is CCNC(=NCc1ccc(O)c(F)c1)NCc1ccc(CN2CCCCC2)cc1. The zero-order chi connectivity index (χ0) is 20.5. The summed E-state index contributed by atoms with van der Waals surface area (Å²) in [5.41, 5.74) is 3.25. The van der Waals surface area contributed by atoms with Crippen LogP contribution >= 0.6 is 0 Å². The molecule has 0 atom stereocenters. The summed E-state index contributed by atoms with van der Waals surface area (Å²) in [6.45, 7) is 7.19.